The fraction of sp³-hybridized carbons (Fsp3) is 0.574. The number of halogens is 1. The van der Waals surface area contributed by atoms with E-state index in [2.05, 4.69) is 54.0 Å². The molecule has 7 heterocycles. The molecule has 0 spiro atoms. The van der Waals surface area contributed by atoms with Gasteiger partial charge in [-0.1, -0.05) is 24.3 Å². The molecule has 6 aliphatic rings. The van der Waals surface area contributed by atoms with Crippen molar-refractivity contribution in [1.29, 1.82) is 0 Å². The smallest absolute Gasteiger partial charge is 0.410 e. The normalized spacial score (nSPS) is 22.5. The van der Waals surface area contributed by atoms with Crippen molar-refractivity contribution in [3.05, 3.63) is 70.7 Å². The summed E-state index contributed by atoms with van der Waals surface area (Å²) < 4.78 is 50.3. The fourth-order valence-corrected chi connectivity index (χ4v) is 11.2. The number of nitrogens with zero attached hydrogens (tertiary/aromatic N) is 8. The highest BCUT2D eigenvalue weighted by molar-refractivity contribution is 6.06. The molecule has 6 fully saturated rings. The van der Waals surface area contributed by atoms with Crippen molar-refractivity contribution in [2.45, 2.75) is 148 Å². The molecule has 5 aromatic rings. The molecule has 70 heavy (non-hydrogen) atoms. The minimum atomic E-state index is -0.606. The number of fused-ring (bicyclic) bond motifs is 4. The molecule has 5 aliphatic heterocycles. The summed E-state index contributed by atoms with van der Waals surface area (Å²) in [6.45, 7) is 17.4. The number of likely N-dealkylation sites (tertiary alicyclic amines) is 1. The largest absolute Gasteiger partial charge is 0.486 e. The van der Waals surface area contributed by atoms with Gasteiger partial charge >= 0.3 is 12.1 Å². The maximum atomic E-state index is 16.8. The van der Waals surface area contributed by atoms with E-state index in [4.69, 9.17) is 38.8 Å². The lowest BCUT2D eigenvalue weighted by Gasteiger charge is -2.36. The van der Waals surface area contributed by atoms with Crippen LogP contribution in [-0.2, 0) is 32.2 Å². The zero-order chi connectivity index (χ0) is 48.4. The summed E-state index contributed by atoms with van der Waals surface area (Å²) in [6, 6.07) is 12.6. The van der Waals surface area contributed by atoms with Crippen LogP contribution in [0.15, 0.2) is 42.6 Å². The lowest BCUT2D eigenvalue weighted by atomic mass is 9.88. The molecular formula is C54H67FN8O7. The van der Waals surface area contributed by atoms with Crippen molar-refractivity contribution in [2.24, 2.45) is 0 Å². The third-order valence-electron chi connectivity index (χ3n) is 15.2. The van der Waals surface area contributed by atoms with Crippen LogP contribution in [0.3, 0.4) is 0 Å². The molecule has 2 amide bonds. The van der Waals surface area contributed by atoms with Gasteiger partial charge in [-0.25, -0.2) is 13.9 Å². The number of hydrogen-bond donors (Lipinski definition) is 0. The van der Waals surface area contributed by atoms with E-state index in [9.17, 15) is 9.59 Å². The van der Waals surface area contributed by atoms with Gasteiger partial charge in [-0.3, -0.25) is 9.69 Å². The topological polar surface area (TPSA) is 137 Å². The van der Waals surface area contributed by atoms with Crippen LogP contribution in [0.4, 0.5) is 15.0 Å². The van der Waals surface area contributed by atoms with Crippen LogP contribution < -0.4 is 14.4 Å². The molecule has 2 aromatic heterocycles. The number of hydrogen-bond acceptors (Lipinski definition) is 12. The van der Waals surface area contributed by atoms with Crippen molar-refractivity contribution in [3.8, 4) is 22.9 Å². The molecule has 3 aromatic carbocycles. The minimum Gasteiger partial charge on any atom is -0.486 e. The molecule has 15 nitrogen and oxygen atoms in total. The Morgan fingerprint density at radius 3 is 2.39 bits per heavy atom. The SMILES string of the molecule is Cc1c(F)cc2c(cnn2C2CCCCO2)c1-c1c(C2CC2)cc2c(N3C[C@@H]4C[C@H]3CN4C(=O)OC(C)(C)C)nc(OC3CCOCC3)nc2c1OCc1ccc(CN2CCN(C(C)C)CC2=O)cc1. The van der Waals surface area contributed by atoms with E-state index in [1.807, 2.05) is 48.4 Å². The maximum absolute atomic E-state index is 16.8. The van der Waals surface area contributed by atoms with Crippen LogP contribution in [-0.4, -0.2) is 129 Å². The molecule has 1 aliphatic carbocycles. The number of piperazine rings is 2. The van der Waals surface area contributed by atoms with E-state index in [0.717, 1.165) is 89.5 Å². The second kappa shape index (κ2) is 18.9. The van der Waals surface area contributed by atoms with Gasteiger partial charge in [0.25, 0.3) is 0 Å². The van der Waals surface area contributed by atoms with Crippen LogP contribution in [0.1, 0.15) is 120 Å². The van der Waals surface area contributed by atoms with Gasteiger partial charge in [0.2, 0.25) is 5.91 Å². The molecule has 372 valence electrons. The summed E-state index contributed by atoms with van der Waals surface area (Å²) in [4.78, 5) is 45.5. The molecule has 3 atom stereocenters. The molecule has 0 N–H and O–H groups in total. The highest BCUT2D eigenvalue weighted by atomic mass is 19.1. The summed E-state index contributed by atoms with van der Waals surface area (Å²) in [6.07, 6.45) is 8.07. The average Bonchev–Trinajstić information content (AvgIpc) is 3.78. The Morgan fingerprint density at radius 1 is 0.914 bits per heavy atom. The fourth-order valence-electron chi connectivity index (χ4n) is 11.2. The second-order valence-electron chi connectivity index (χ2n) is 21.6. The zero-order valence-electron chi connectivity index (χ0n) is 41.5. The maximum Gasteiger partial charge on any atom is 0.410 e. The van der Waals surface area contributed by atoms with Crippen molar-refractivity contribution in [3.63, 3.8) is 0 Å². The third kappa shape index (κ3) is 9.27. The van der Waals surface area contributed by atoms with E-state index in [1.54, 1.807) is 6.07 Å². The van der Waals surface area contributed by atoms with Crippen LogP contribution in [0.2, 0.25) is 0 Å². The Morgan fingerprint density at radius 2 is 1.70 bits per heavy atom. The van der Waals surface area contributed by atoms with Crippen molar-refractivity contribution >= 4 is 39.6 Å². The Hall–Kier alpha value is -5.58. The van der Waals surface area contributed by atoms with Crippen LogP contribution in [0, 0.1) is 12.7 Å². The van der Waals surface area contributed by atoms with E-state index in [1.165, 1.54) is 0 Å². The molecular weight excluding hydrogens is 892 g/mol. The van der Waals surface area contributed by atoms with Gasteiger partial charge in [0.05, 0.1) is 43.6 Å². The lowest BCUT2D eigenvalue weighted by Crippen LogP contribution is -2.51. The summed E-state index contributed by atoms with van der Waals surface area (Å²) in [5.74, 6) is 1.28. The van der Waals surface area contributed by atoms with Gasteiger partial charge in [0.1, 0.15) is 35.5 Å². The number of carbonyl (C=O) groups excluding carboxylic acids is 2. The van der Waals surface area contributed by atoms with Crippen molar-refractivity contribution in [1.82, 2.24) is 34.4 Å². The second-order valence-corrected chi connectivity index (χ2v) is 21.6. The highest BCUT2D eigenvalue weighted by Crippen LogP contribution is 2.54. The number of rotatable bonds is 12. The van der Waals surface area contributed by atoms with E-state index in [0.29, 0.717) is 93.8 Å². The predicted octanol–water partition coefficient (Wildman–Crippen LogP) is 9.06. The molecule has 1 saturated carbocycles. The van der Waals surface area contributed by atoms with E-state index < -0.39 is 5.60 Å². The zero-order valence-corrected chi connectivity index (χ0v) is 41.5. The number of amides is 2. The monoisotopic (exact) mass is 959 g/mol. The van der Waals surface area contributed by atoms with Gasteiger partial charge in [-0.15, -0.1) is 0 Å². The number of anilines is 1. The molecule has 1 unspecified atom stereocenters. The van der Waals surface area contributed by atoms with E-state index in [-0.39, 0.29) is 60.8 Å². The number of aromatic nitrogens is 4. The first-order valence-electron chi connectivity index (χ1n) is 25.7. The predicted molar refractivity (Wildman–Crippen MR) is 264 cm³/mol. The average molecular weight is 959 g/mol. The molecule has 5 saturated heterocycles. The first kappa shape index (κ1) is 46.8. The summed E-state index contributed by atoms with van der Waals surface area (Å²) in [5.41, 5.74) is 5.72. The standard InChI is InChI=1S/C54H67FN8O7/c1-32(2)59-18-19-60(45(64)30-59)27-34-10-12-35(13-11-34)31-68-50-48(47-33(3)43(55)25-44-42(47)26-56-63(44)46-9-7-8-20-67-46)40(36-14-15-36)24-41-49(50)57-52(69-39-16-21-66-22-17-39)58-51(41)61-28-38-23-37(61)29-62(38)53(65)70-54(4,5)6/h10-13,24-26,32,36-39,46H,7-9,14-23,27-31H2,1-6H3/t37-,38-,46?/m0/s1. The quantitative estimate of drug-likeness (QED) is 0.118. The Kier molecular flexibility index (Phi) is 12.6. The molecule has 2 bridgehead atoms. The first-order chi connectivity index (χ1) is 33.8. The minimum absolute atomic E-state index is 0.00853. The number of benzene rings is 3. The Bertz CT molecular complexity index is 2780. The molecule has 16 heteroatoms. The third-order valence-corrected chi connectivity index (χ3v) is 15.2. The van der Waals surface area contributed by atoms with Crippen LogP contribution >= 0.6 is 0 Å². The Balaban J connectivity index is 1.03. The van der Waals surface area contributed by atoms with Gasteiger partial charge in [0.15, 0.2) is 12.0 Å². The summed E-state index contributed by atoms with van der Waals surface area (Å²) in [5, 5.41) is 6.54. The first-order valence-corrected chi connectivity index (χ1v) is 25.7. The van der Waals surface area contributed by atoms with Crippen molar-refractivity contribution in [2.75, 3.05) is 57.4 Å². The molecule has 11 rings (SSSR count). The summed E-state index contributed by atoms with van der Waals surface area (Å²) in [7, 11) is 0. The van der Waals surface area contributed by atoms with Crippen LogP contribution in [0.5, 0.6) is 11.8 Å². The van der Waals surface area contributed by atoms with Gasteiger partial charge in [-0.05, 0) is 114 Å². The summed E-state index contributed by atoms with van der Waals surface area (Å²) >= 11 is 0. The lowest BCUT2D eigenvalue weighted by molar-refractivity contribution is -0.137. The van der Waals surface area contributed by atoms with Crippen molar-refractivity contribution < 1.29 is 37.7 Å². The number of carbonyl (C=O) groups is 2. The number of ether oxygens (including phenoxy) is 5. The van der Waals surface area contributed by atoms with E-state index >= 15 is 4.39 Å². The van der Waals surface area contributed by atoms with Gasteiger partial charge in [0, 0.05) is 86.2 Å². The van der Waals surface area contributed by atoms with Crippen LogP contribution in [0.25, 0.3) is 32.9 Å². The van der Waals surface area contributed by atoms with Gasteiger partial charge in [-0.2, -0.15) is 15.1 Å². The highest BCUT2D eigenvalue weighted by Gasteiger charge is 2.48. The van der Waals surface area contributed by atoms with Gasteiger partial charge < -0.3 is 38.4 Å². The Labute approximate surface area is 409 Å². The molecule has 0 radical (unpaired) electrons.